The van der Waals surface area contributed by atoms with Crippen LogP contribution in [0.5, 0.6) is 0 Å². The van der Waals surface area contributed by atoms with Gasteiger partial charge in [-0.05, 0) is 30.4 Å². The van der Waals surface area contributed by atoms with E-state index in [1.807, 2.05) is 18.2 Å². The number of unbranched alkanes of at least 4 members (excludes halogenated alkanes) is 12. The molecule has 0 fully saturated rings. The van der Waals surface area contributed by atoms with Crippen molar-refractivity contribution < 1.29 is 15.0 Å². The molecule has 0 atom stereocenters. The van der Waals surface area contributed by atoms with Crippen molar-refractivity contribution in [2.45, 2.75) is 115 Å². The molecule has 1 aromatic carbocycles. The monoisotopic (exact) mass is 417 g/mol. The number of amides is 1. The number of primary amides is 1. The second kappa shape index (κ2) is 12.5. The van der Waals surface area contributed by atoms with Crippen molar-refractivity contribution in [3.05, 3.63) is 35.4 Å². The molecule has 4 nitrogen and oxygen atoms in total. The lowest BCUT2D eigenvalue weighted by molar-refractivity contribution is -0.235. The molecule has 1 aliphatic carbocycles. The fraction of sp³-hybridized carbons (Fsp3) is 0.731. The fourth-order valence-electron chi connectivity index (χ4n) is 5.03. The summed E-state index contributed by atoms with van der Waals surface area (Å²) in [5, 5.41) is 21.2. The van der Waals surface area contributed by atoms with Crippen molar-refractivity contribution in [3.63, 3.8) is 0 Å². The first-order valence-corrected chi connectivity index (χ1v) is 12.2. The van der Waals surface area contributed by atoms with Gasteiger partial charge in [0.1, 0.15) is 0 Å². The summed E-state index contributed by atoms with van der Waals surface area (Å²) in [6.45, 7) is 2.26. The molecule has 0 spiro atoms. The lowest BCUT2D eigenvalue weighted by atomic mass is 9.64. The average molecular weight is 418 g/mol. The van der Waals surface area contributed by atoms with Crippen LogP contribution in [0.4, 0.5) is 0 Å². The van der Waals surface area contributed by atoms with Gasteiger partial charge in [-0.25, -0.2) is 0 Å². The van der Waals surface area contributed by atoms with Crippen molar-refractivity contribution in [1.29, 1.82) is 0 Å². The molecule has 2 rings (SSSR count). The van der Waals surface area contributed by atoms with Gasteiger partial charge in [-0.1, -0.05) is 115 Å². The molecule has 1 aromatic rings. The summed E-state index contributed by atoms with van der Waals surface area (Å²) >= 11 is 0. The number of carbonyl (C=O) groups excluding carboxylic acids is 1. The van der Waals surface area contributed by atoms with Crippen molar-refractivity contribution in [1.82, 2.24) is 0 Å². The molecule has 0 aromatic heterocycles. The van der Waals surface area contributed by atoms with E-state index in [0.717, 1.165) is 30.4 Å². The van der Waals surface area contributed by atoms with Gasteiger partial charge in [-0.15, -0.1) is 0 Å². The topological polar surface area (TPSA) is 83.6 Å². The zero-order chi connectivity index (χ0) is 21.9. The summed E-state index contributed by atoms with van der Waals surface area (Å²) in [5.74, 6) is -3.52. The molecule has 0 heterocycles. The van der Waals surface area contributed by atoms with E-state index in [9.17, 15) is 15.0 Å². The molecular weight excluding hydrogens is 374 g/mol. The minimum Gasteiger partial charge on any atom is -0.365 e. The Labute approximate surface area is 183 Å². The summed E-state index contributed by atoms with van der Waals surface area (Å²) < 4.78 is 0. The van der Waals surface area contributed by atoms with Crippen LogP contribution in [-0.4, -0.2) is 21.9 Å². The van der Waals surface area contributed by atoms with E-state index < -0.39 is 17.1 Å². The normalized spacial score (nSPS) is 15.3. The van der Waals surface area contributed by atoms with Crippen LogP contribution in [0, 0.1) is 5.41 Å². The van der Waals surface area contributed by atoms with Crippen LogP contribution in [0.3, 0.4) is 0 Å². The summed E-state index contributed by atoms with van der Waals surface area (Å²) in [7, 11) is 0. The highest BCUT2D eigenvalue weighted by atomic mass is 16.5. The van der Waals surface area contributed by atoms with Crippen LogP contribution < -0.4 is 5.73 Å². The molecule has 4 N–H and O–H groups in total. The molecule has 1 aliphatic rings. The molecule has 0 unspecified atom stereocenters. The van der Waals surface area contributed by atoms with Crippen molar-refractivity contribution in [2.75, 3.05) is 0 Å². The maximum absolute atomic E-state index is 11.8. The van der Waals surface area contributed by atoms with Crippen LogP contribution in [-0.2, 0) is 17.6 Å². The van der Waals surface area contributed by atoms with E-state index >= 15 is 0 Å². The molecule has 30 heavy (non-hydrogen) atoms. The van der Waals surface area contributed by atoms with Crippen LogP contribution in [0.25, 0.3) is 0 Å². The van der Waals surface area contributed by atoms with E-state index in [1.165, 1.54) is 64.2 Å². The van der Waals surface area contributed by atoms with Gasteiger partial charge >= 0.3 is 0 Å². The van der Waals surface area contributed by atoms with Crippen LogP contribution >= 0.6 is 0 Å². The fourth-order valence-corrected chi connectivity index (χ4v) is 5.03. The Hall–Kier alpha value is -1.39. The van der Waals surface area contributed by atoms with Gasteiger partial charge in [0.05, 0.1) is 0 Å². The zero-order valence-electron chi connectivity index (χ0n) is 19.0. The summed E-state index contributed by atoms with van der Waals surface area (Å²) in [4.78, 5) is 11.8. The van der Waals surface area contributed by atoms with Crippen molar-refractivity contribution in [2.24, 2.45) is 11.1 Å². The number of hydrogen-bond acceptors (Lipinski definition) is 3. The van der Waals surface area contributed by atoms with Gasteiger partial charge in [-0.3, -0.25) is 4.79 Å². The molecule has 4 heteroatoms. The quantitative estimate of drug-likeness (QED) is 0.248. The predicted molar refractivity (Wildman–Crippen MR) is 123 cm³/mol. The Morgan fingerprint density at radius 2 is 1.30 bits per heavy atom. The first kappa shape index (κ1) is 24.9. The first-order valence-electron chi connectivity index (χ1n) is 12.2. The number of hydrogen-bond donors (Lipinski definition) is 3. The lowest BCUT2D eigenvalue weighted by Crippen LogP contribution is -2.59. The average Bonchev–Trinajstić information content (AvgIpc) is 2.71. The third-order valence-corrected chi connectivity index (χ3v) is 6.92. The Morgan fingerprint density at radius 1 is 0.867 bits per heavy atom. The molecule has 0 radical (unpaired) electrons. The van der Waals surface area contributed by atoms with E-state index in [2.05, 4.69) is 13.0 Å². The van der Waals surface area contributed by atoms with Crippen LogP contribution in [0.1, 0.15) is 108 Å². The number of aliphatic hydroxyl groups is 2. The third kappa shape index (κ3) is 7.09. The summed E-state index contributed by atoms with van der Waals surface area (Å²) in [5.41, 5.74) is 6.55. The van der Waals surface area contributed by atoms with Gasteiger partial charge in [0.25, 0.3) is 11.7 Å². The smallest absolute Gasteiger partial charge is 0.277 e. The molecule has 2 bridgehead atoms. The first-order chi connectivity index (χ1) is 14.4. The highest BCUT2D eigenvalue weighted by molar-refractivity contribution is 5.82. The predicted octanol–water partition coefficient (Wildman–Crippen LogP) is 5.42. The minimum absolute atomic E-state index is 0.481. The van der Waals surface area contributed by atoms with E-state index in [-0.39, 0.29) is 0 Å². The maximum atomic E-state index is 11.8. The summed E-state index contributed by atoms with van der Waals surface area (Å²) in [6, 6.07) is 8.04. The van der Waals surface area contributed by atoms with Gasteiger partial charge in [0, 0.05) is 5.41 Å². The van der Waals surface area contributed by atoms with Gasteiger partial charge in [0.2, 0.25) is 0 Å². The molecule has 1 amide bonds. The Morgan fingerprint density at radius 3 is 1.73 bits per heavy atom. The van der Waals surface area contributed by atoms with Gasteiger partial charge in [0.15, 0.2) is 0 Å². The van der Waals surface area contributed by atoms with E-state index in [0.29, 0.717) is 19.3 Å². The molecule has 0 aliphatic heterocycles. The lowest BCUT2D eigenvalue weighted by Gasteiger charge is -2.44. The highest BCUT2D eigenvalue weighted by Crippen LogP contribution is 2.44. The zero-order valence-corrected chi connectivity index (χ0v) is 19.0. The number of rotatable bonds is 16. The Bertz CT molecular complexity index is 620. The number of carbonyl (C=O) groups is 1. The molecule has 0 saturated carbocycles. The largest absolute Gasteiger partial charge is 0.365 e. The molecular formula is C26H43NO3. The highest BCUT2D eigenvalue weighted by Gasteiger charge is 2.54. The van der Waals surface area contributed by atoms with Gasteiger partial charge in [-0.2, -0.15) is 0 Å². The number of benzene rings is 1. The third-order valence-electron chi connectivity index (χ3n) is 6.92. The molecule has 170 valence electrons. The van der Waals surface area contributed by atoms with E-state index in [4.69, 9.17) is 5.73 Å². The second-order valence-electron chi connectivity index (χ2n) is 9.48. The Balaban J connectivity index is 1.67. The maximum Gasteiger partial charge on any atom is 0.277 e. The standard InChI is InChI=1S/C26H43NO3/c1-2-3-4-5-6-7-8-9-10-11-12-13-14-18-25(26(29,30)24(27)28)20-22-16-15-17-23(19-22)21-25/h15-17,19,29-30H,2-14,18,20-21H2,1H3,(H2,27,28). The van der Waals surface area contributed by atoms with E-state index in [1.54, 1.807) is 0 Å². The minimum atomic E-state index is -2.48. The summed E-state index contributed by atoms with van der Waals surface area (Å²) in [6.07, 6.45) is 18.1. The van der Waals surface area contributed by atoms with Crippen LogP contribution in [0.2, 0.25) is 0 Å². The second-order valence-corrected chi connectivity index (χ2v) is 9.48. The van der Waals surface area contributed by atoms with Crippen molar-refractivity contribution in [3.8, 4) is 0 Å². The van der Waals surface area contributed by atoms with Crippen LogP contribution in [0.15, 0.2) is 24.3 Å². The Kier molecular flexibility index (Phi) is 10.3. The SMILES string of the molecule is CCCCCCCCCCCCCCCC1(C(O)(O)C(N)=O)Cc2cccc(c2)C1. The number of fused-ring (bicyclic) bond motifs is 2. The van der Waals surface area contributed by atoms with Gasteiger partial charge < -0.3 is 15.9 Å². The van der Waals surface area contributed by atoms with Crippen molar-refractivity contribution >= 4 is 5.91 Å². The number of nitrogens with two attached hydrogens (primary N) is 1. The molecule has 0 saturated heterocycles.